The van der Waals surface area contributed by atoms with Gasteiger partial charge >= 0.3 is 0 Å². The molecule has 1 aromatic carbocycles. The fourth-order valence-electron chi connectivity index (χ4n) is 2.95. The second-order valence-electron chi connectivity index (χ2n) is 6.12. The molecule has 1 fully saturated rings. The SMILES string of the molecule is COCC1(CNS(=O)(=O)c2cc(NC(C)=O)ccc2OC)CCCN1.Cl. The van der Waals surface area contributed by atoms with E-state index in [1.54, 1.807) is 13.2 Å². The Kier molecular flexibility index (Phi) is 8.29. The third kappa shape index (κ3) is 5.55. The lowest BCUT2D eigenvalue weighted by Crippen LogP contribution is -2.52. The van der Waals surface area contributed by atoms with Crippen LogP contribution in [-0.4, -0.2) is 53.8 Å². The van der Waals surface area contributed by atoms with Gasteiger partial charge in [0.25, 0.3) is 0 Å². The van der Waals surface area contributed by atoms with Gasteiger partial charge in [0.05, 0.1) is 19.3 Å². The van der Waals surface area contributed by atoms with E-state index in [1.807, 2.05) is 0 Å². The second kappa shape index (κ2) is 9.52. The van der Waals surface area contributed by atoms with E-state index >= 15 is 0 Å². The zero-order valence-corrected chi connectivity index (χ0v) is 16.8. The molecule has 1 saturated heterocycles. The van der Waals surface area contributed by atoms with Crippen LogP contribution in [0.1, 0.15) is 19.8 Å². The molecule has 0 spiro atoms. The largest absolute Gasteiger partial charge is 0.495 e. The van der Waals surface area contributed by atoms with Crippen LogP contribution < -0.4 is 20.1 Å². The van der Waals surface area contributed by atoms with E-state index in [0.717, 1.165) is 19.4 Å². The summed E-state index contributed by atoms with van der Waals surface area (Å²) in [7, 11) is -0.833. The molecule has 1 aliphatic heterocycles. The van der Waals surface area contributed by atoms with E-state index in [0.29, 0.717) is 12.3 Å². The molecule has 148 valence electrons. The fraction of sp³-hybridized carbons (Fsp3) is 0.562. The summed E-state index contributed by atoms with van der Waals surface area (Å²) in [4.78, 5) is 11.2. The van der Waals surface area contributed by atoms with Crippen molar-refractivity contribution in [2.24, 2.45) is 0 Å². The second-order valence-corrected chi connectivity index (χ2v) is 7.85. The molecule has 1 heterocycles. The predicted octanol–water partition coefficient (Wildman–Crippen LogP) is 1.12. The third-order valence-corrected chi connectivity index (χ3v) is 5.55. The molecule has 26 heavy (non-hydrogen) atoms. The summed E-state index contributed by atoms with van der Waals surface area (Å²) >= 11 is 0. The molecule has 3 N–H and O–H groups in total. The van der Waals surface area contributed by atoms with Gasteiger partial charge in [-0.2, -0.15) is 0 Å². The normalized spacial score (nSPS) is 19.7. The number of sulfonamides is 1. The lowest BCUT2D eigenvalue weighted by molar-refractivity contribution is -0.114. The number of benzene rings is 1. The van der Waals surface area contributed by atoms with Gasteiger partial charge in [-0.15, -0.1) is 12.4 Å². The molecule has 2 rings (SSSR count). The number of carbonyl (C=O) groups excluding carboxylic acids is 1. The summed E-state index contributed by atoms with van der Waals surface area (Å²) in [6.45, 7) is 2.80. The molecule has 0 radical (unpaired) electrons. The van der Waals surface area contributed by atoms with E-state index in [4.69, 9.17) is 9.47 Å². The van der Waals surface area contributed by atoms with Gasteiger partial charge in [-0.1, -0.05) is 0 Å². The van der Waals surface area contributed by atoms with Crippen molar-refractivity contribution >= 4 is 34.0 Å². The van der Waals surface area contributed by atoms with Crippen molar-refractivity contribution in [3.8, 4) is 5.75 Å². The van der Waals surface area contributed by atoms with Crippen molar-refractivity contribution < 1.29 is 22.7 Å². The van der Waals surface area contributed by atoms with Gasteiger partial charge in [0.2, 0.25) is 15.9 Å². The maximum atomic E-state index is 12.8. The van der Waals surface area contributed by atoms with E-state index in [9.17, 15) is 13.2 Å². The lowest BCUT2D eigenvalue weighted by Gasteiger charge is -2.29. The fourth-order valence-corrected chi connectivity index (χ4v) is 4.27. The minimum atomic E-state index is -3.83. The zero-order valence-electron chi connectivity index (χ0n) is 15.1. The highest BCUT2D eigenvalue weighted by molar-refractivity contribution is 7.89. The van der Waals surface area contributed by atoms with E-state index in [2.05, 4.69) is 15.4 Å². The number of hydrogen-bond acceptors (Lipinski definition) is 6. The van der Waals surface area contributed by atoms with Crippen LogP contribution in [0.25, 0.3) is 0 Å². The Morgan fingerprint density at radius 3 is 2.62 bits per heavy atom. The zero-order chi connectivity index (χ0) is 18.5. The Morgan fingerprint density at radius 2 is 2.08 bits per heavy atom. The van der Waals surface area contributed by atoms with Gasteiger partial charge in [-0.05, 0) is 37.6 Å². The van der Waals surface area contributed by atoms with Crippen molar-refractivity contribution in [2.75, 3.05) is 39.2 Å². The molecule has 1 aromatic rings. The van der Waals surface area contributed by atoms with Gasteiger partial charge in [0.1, 0.15) is 10.6 Å². The standard InChI is InChI=1S/C16H25N3O5S.ClH/c1-12(20)19-13-5-6-14(24-3)15(9-13)25(21,22)18-10-16(11-23-2)7-4-8-17-16;/h5-6,9,17-18H,4,7-8,10-11H2,1-3H3,(H,19,20);1H. The minimum absolute atomic E-state index is 0. The van der Waals surface area contributed by atoms with Gasteiger partial charge in [0, 0.05) is 26.3 Å². The monoisotopic (exact) mass is 407 g/mol. The summed E-state index contributed by atoms with van der Waals surface area (Å²) < 4.78 is 38.6. The quantitative estimate of drug-likeness (QED) is 0.596. The molecule has 1 amide bonds. The number of anilines is 1. The Morgan fingerprint density at radius 1 is 1.35 bits per heavy atom. The molecular weight excluding hydrogens is 382 g/mol. The molecule has 1 unspecified atom stereocenters. The highest BCUT2D eigenvalue weighted by atomic mass is 35.5. The van der Waals surface area contributed by atoms with E-state index in [-0.39, 0.29) is 35.5 Å². The van der Waals surface area contributed by atoms with Crippen LogP contribution >= 0.6 is 12.4 Å². The first-order valence-corrected chi connectivity index (χ1v) is 9.49. The molecule has 0 saturated carbocycles. The van der Waals surface area contributed by atoms with Crippen molar-refractivity contribution in [2.45, 2.75) is 30.2 Å². The first kappa shape index (κ1) is 22.7. The molecule has 0 aromatic heterocycles. The number of rotatable bonds is 8. The average molecular weight is 408 g/mol. The van der Waals surface area contributed by atoms with Crippen molar-refractivity contribution in [1.29, 1.82) is 0 Å². The van der Waals surface area contributed by atoms with Crippen molar-refractivity contribution in [1.82, 2.24) is 10.0 Å². The Balaban J connectivity index is 0.00000338. The van der Waals surface area contributed by atoms with Gasteiger partial charge in [0.15, 0.2) is 0 Å². The summed E-state index contributed by atoms with van der Waals surface area (Å²) in [5.74, 6) is -0.0718. The topological polar surface area (TPSA) is 106 Å². The van der Waals surface area contributed by atoms with Gasteiger partial charge in [-0.3, -0.25) is 4.79 Å². The van der Waals surface area contributed by atoms with Crippen LogP contribution in [0.4, 0.5) is 5.69 Å². The maximum absolute atomic E-state index is 12.8. The first-order valence-electron chi connectivity index (χ1n) is 8.01. The molecule has 0 aliphatic carbocycles. The summed E-state index contributed by atoms with van der Waals surface area (Å²) in [5.41, 5.74) is -0.0242. The number of halogens is 1. The van der Waals surface area contributed by atoms with Crippen molar-refractivity contribution in [3.63, 3.8) is 0 Å². The highest BCUT2D eigenvalue weighted by Gasteiger charge is 2.35. The number of methoxy groups -OCH3 is 2. The molecule has 10 heteroatoms. The highest BCUT2D eigenvalue weighted by Crippen LogP contribution is 2.28. The number of nitrogens with one attached hydrogen (secondary N) is 3. The summed E-state index contributed by atoms with van der Waals surface area (Å²) in [6, 6.07) is 4.48. The number of ether oxygens (including phenoxy) is 2. The molecule has 0 bridgehead atoms. The summed E-state index contributed by atoms with van der Waals surface area (Å²) in [6.07, 6.45) is 1.79. The summed E-state index contributed by atoms with van der Waals surface area (Å²) in [5, 5.41) is 5.90. The van der Waals surface area contributed by atoms with Crippen LogP contribution in [0.15, 0.2) is 23.1 Å². The molecule has 1 aliphatic rings. The Hall–Kier alpha value is -1.39. The predicted molar refractivity (Wildman–Crippen MR) is 102 cm³/mol. The van der Waals surface area contributed by atoms with Crippen LogP contribution in [-0.2, 0) is 19.6 Å². The van der Waals surface area contributed by atoms with Gasteiger partial charge < -0.3 is 20.1 Å². The van der Waals surface area contributed by atoms with Crippen LogP contribution in [0, 0.1) is 0 Å². The van der Waals surface area contributed by atoms with Crippen molar-refractivity contribution in [3.05, 3.63) is 18.2 Å². The van der Waals surface area contributed by atoms with E-state index in [1.165, 1.54) is 26.2 Å². The molecule has 8 nitrogen and oxygen atoms in total. The smallest absolute Gasteiger partial charge is 0.244 e. The Bertz CT molecular complexity index is 721. The van der Waals surface area contributed by atoms with Crippen LogP contribution in [0.5, 0.6) is 5.75 Å². The lowest BCUT2D eigenvalue weighted by atomic mass is 9.99. The third-order valence-electron chi connectivity index (χ3n) is 4.13. The number of amides is 1. The number of hydrogen-bond donors (Lipinski definition) is 3. The molecular formula is C16H26ClN3O5S. The van der Waals surface area contributed by atoms with Crippen LogP contribution in [0.3, 0.4) is 0 Å². The Labute approximate surface area is 160 Å². The first-order chi connectivity index (χ1) is 11.8. The molecule has 1 atom stereocenters. The maximum Gasteiger partial charge on any atom is 0.244 e. The van der Waals surface area contributed by atoms with Crippen LogP contribution in [0.2, 0.25) is 0 Å². The van der Waals surface area contributed by atoms with E-state index < -0.39 is 15.6 Å². The average Bonchev–Trinajstić information content (AvgIpc) is 3.02. The number of carbonyl (C=O) groups is 1. The minimum Gasteiger partial charge on any atom is -0.495 e. The van der Waals surface area contributed by atoms with Gasteiger partial charge in [-0.25, -0.2) is 13.1 Å².